The second-order valence-corrected chi connectivity index (χ2v) is 3.67. The van der Waals surface area contributed by atoms with Crippen molar-refractivity contribution in [2.45, 2.75) is 37.8 Å². The summed E-state index contributed by atoms with van der Waals surface area (Å²) in [5.41, 5.74) is 0. The topological polar surface area (TPSA) is 76.2 Å². The maximum absolute atomic E-state index is 12.8. The Kier molecular flexibility index (Phi) is 4.43. The minimum atomic E-state index is -5.81. The second kappa shape index (κ2) is 5.49. The molecule has 1 rings (SSSR count). The van der Waals surface area contributed by atoms with Gasteiger partial charge in [-0.3, -0.25) is 4.79 Å². The van der Waals surface area contributed by atoms with E-state index in [1.807, 2.05) is 0 Å². The van der Waals surface area contributed by atoms with Crippen molar-refractivity contribution in [2.75, 3.05) is 0 Å². The van der Waals surface area contributed by atoms with Crippen LogP contribution in [0.25, 0.3) is 0 Å². The number of rotatable bonds is 6. The van der Waals surface area contributed by atoms with Gasteiger partial charge in [0.2, 0.25) is 5.89 Å². The minimum Gasteiger partial charge on any atom is -0.481 e. The molecule has 1 N–H and O–H groups in total. The molecule has 0 spiro atoms. The van der Waals surface area contributed by atoms with Gasteiger partial charge in [0.15, 0.2) is 0 Å². The molecule has 0 aliphatic heterocycles. The van der Waals surface area contributed by atoms with Crippen molar-refractivity contribution >= 4 is 5.97 Å². The van der Waals surface area contributed by atoms with E-state index in [2.05, 4.69) is 14.6 Å². The first-order chi connectivity index (χ1) is 8.64. The van der Waals surface area contributed by atoms with Gasteiger partial charge in [0.25, 0.3) is 5.89 Å². The van der Waals surface area contributed by atoms with Gasteiger partial charge in [0.05, 0.1) is 0 Å². The fourth-order valence-electron chi connectivity index (χ4n) is 1.16. The molecule has 0 bridgehead atoms. The lowest BCUT2D eigenvalue weighted by Crippen LogP contribution is -2.34. The molecular weight excluding hydrogens is 279 g/mol. The van der Waals surface area contributed by atoms with Crippen molar-refractivity contribution in [3.63, 3.8) is 0 Å². The SMILES string of the molecule is O=C(O)CCCCc1nnc(C(F)(F)C(F)(F)F)o1. The molecule has 0 amide bonds. The van der Waals surface area contributed by atoms with E-state index in [4.69, 9.17) is 5.11 Å². The number of carboxylic acid groups (broad SMARTS) is 1. The highest BCUT2D eigenvalue weighted by molar-refractivity contribution is 5.66. The van der Waals surface area contributed by atoms with Gasteiger partial charge in [0.1, 0.15) is 0 Å². The van der Waals surface area contributed by atoms with Crippen LogP contribution < -0.4 is 0 Å². The van der Waals surface area contributed by atoms with Crippen LogP contribution in [-0.2, 0) is 17.1 Å². The van der Waals surface area contributed by atoms with E-state index in [0.29, 0.717) is 0 Å². The van der Waals surface area contributed by atoms with Crippen molar-refractivity contribution in [2.24, 2.45) is 0 Å². The fourth-order valence-corrected chi connectivity index (χ4v) is 1.16. The quantitative estimate of drug-likeness (QED) is 0.643. The summed E-state index contributed by atoms with van der Waals surface area (Å²) < 4.78 is 65.7. The highest BCUT2D eigenvalue weighted by Gasteiger charge is 2.62. The van der Waals surface area contributed by atoms with Crippen LogP contribution in [0.3, 0.4) is 0 Å². The third-order valence-electron chi connectivity index (χ3n) is 2.12. The highest BCUT2D eigenvalue weighted by Crippen LogP contribution is 2.43. The lowest BCUT2D eigenvalue weighted by Gasteiger charge is -2.14. The van der Waals surface area contributed by atoms with Crippen molar-refractivity contribution < 1.29 is 36.3 Å². The van der Waals surface area contributed by atoms with E-state index in [1.165, 1.54) is 0 Å². The third kappa shape index (κ3) is 3.86. The van der Waals surface area contributed by atoms with Gasteiger partial charge in [-0.2, -0.15) is 22.0 Å². The van der Waals surface area contributed by atoms with Gasteiger partial charge in [-0.1, -0.05) is 0 Å². The standard InChI is InChI=1S/C9H9F5N2O3/c10-8(11,9(12,13)14)7-16-15-5(19-7)3-1-2-4-6(17)18/h1-4H2,(H,17,18). The molecule has 108 valence electrons. The van der Waals surface area contributed by atoms with Crippen molar-refractivity contribution in [3.8, 4) is 0 Å². The van der Waals surface area contributed by atoms with Gasteiger partial charge >= 0.3 is 18.1 Å². The van der Waals surface area contributed by atoms with E-state index >= 15 is 0 Å². The molecule has 1 aromatic heterocycles. The largest absolute Gasteiger partial charge is 0.481 e. The van der Waals surface area contributed by atoms with Crippen LogP contribution in [0.15, 0.2) is 4.42 Å². The zero-order valence-electron chi connectivity index (χ0n) is 9.38. The molecule has 0 aliphatic carbocycles. The molecule has 1 aromatic rings. The number of carboxylic acids is 1. The number of nitrogens with zero attached hydrogens (tertiary/aromatic N) is 2. The average molecular weight is 288 g/mol. The summed E-state index contributed by atoms with van der Waals surface area (Å²) in [6.07, 6.45) is -5.55. The van der Waals surface area contributed by atoms with Crippen molar-refractivity contribution in [3.05, 3.63) is 11.8 Å². The summed E-state index contributed by atoms with van der Waals surface area (Å²) in [5, 5.41) is 14.1. The highest BCUT2D eigenvalue weighted by atomic mass is 19.4. The molecule has 0 radical (unpaired) electrons. The molecule has 0 aromatic carbocycles. The summed E-state index contributed by atoms with van der Waals surface area (Å²) in [7, 11) is 0. The first-order valence-electron chi connectivity index (χ1n) is 5.14. The number of alkyl halides is 5. The molecule has 1 heterocycles. The molecule has 0 saturated carbocycles. The number of unbranched alkanes of at least 4 members (excludes halogenated alkanes) is 1. The van der Waals surface area contributed by atoms with E-state index in [0.717, 1.165) is 0 Å². The van der Waals surface area contributed by atoms with Gasteiger partial charge in [-0.25, -0.2) is 0 Å². The number of aromatic nitrogens is 2. The number of aryl methyl sites for hydroxylation is 1. The molecule has 0 saturated heterocycles. The normalized spacial score (nSPS) is 12.7. The average Bonchev–Trinajstić information content (AvgIpc) is 2.71. The van der Waals surface area contributed by atoms with Gasteiger partial charge < -0.3 is 9.52 Å². The molecule has 0 aliphatic rings. The Hall–Kier alpha value is -1.74. The molecular formula is C9H9F5N2O3. The van der Waals surface area contributed by atoms with Gasteiger partial charge in [-0.05, 0) is 12.8 Å². The van der Waals surface area contributed by atoms with E-state index in [1.54, 1.807) is 0 Å². The lowest BCUT2D eigenvalue weighted by molar-refractivity contribution is -0.297. The number of hydrogen-bond acceptors (Lipinski definition) is 4. The Labute approximate surface area is 103 Å². The summed E-state index contributed by atoms with van der Waals surface area (Å²) in [5.74, 6) is -8.42. The van der Waals surface area contributed by atoms with Crippen LogP contribution >= 0.6 is 0 Å². The lowest BCUT2D eigenvalue weighted by atomic mass is 10.2. The second-order valence-electron chi connectivity index (χ2n) is 3.67. The predicted octanol–water partition coefficient (Wildman–Crippen LogP) is 2.52. The Morgan fingerprint density at radius 3 is 2.32 bits per heavy atom. The number of hydrogen-bond donors (Lipinski definition) is 1. The van der Waals surface area contributed by atoms with E-state index < -0.39 is 24.0 Å². The van der Waals surface area contributed by atoms with Crippen LogP contribution in [0.4, 0.5) is 22.0 Å². The van der Waals surface area contributed by atoms with Crippen LogP contribution in [0.5, 0.6) is 0 Å². The molecule has 10 heteroatoms. The van der Waals surface area contributed by atoms with Crippen LogP contribution in [-0.4, -0.2) is 27.4 Å². The maximum atomic E-state index is 12.8. The maximum Gasteiger partial charge on any atom is 0.463 e. The summed E-state index contributed by atoms with van der Waals surface area (Å²) >= 11 is 0. The van der Waals surface area contributed by atoms with Crippen LogP contribution in [0, 0.1) is 0 Å². The summed E-state index contributed by atoms with van der Waals surface area (Å²) in [4.78, 5) is 10.2. The van der Waals surface area contributed by atoms with Gasteiger partial charge in [-0.15, -0.1) is 10.2 Å². The van der Waals surface area contributed by atoms with Crippen molar-refractivity contribution in [1.29, 1.82) is 0 Å². The minimum absolute atomic E-state index is 0.0613. The molecule has 5 nitrogen and oxygen atoms in total. The monoisotopic (exact) mass is 288 g/mol. The van der Waals surface area contributed by atoms with Crippen LogP contribution in [0.1, 0.15) is 31.0 Å². The Morgan fingerprint density at radius 1 is 1.16 bits per heavy atom. The number of halogens is 5. The smallest absolute Gasteiger partial charge is 0.463 e. The Balaban J connectivity index is 2.60. The van der Waals surface area contributed by atoms with Crippen LogP contribution in [0.2, 0.25) is 0 Å². The Morgan fingerprint density at radius 2 is 1.79 bits per heavy atom. The summed E-state index contributed by atoms with van der Waals surface area (Å²) in [6.45, 7) is 0. The molecule has 0 fully saturated rings. The Bertz CT molecular complexity index is 443. The summed E-state index contributed by atoms with van der Waals surface area (Å²) in [6, 6.07) is 0. The number of carbonyl (C=O) groups is 1. The van der Waals surface area contributed by atoms with Gasteiger partial charge in [0, 0.05) is 12.8 Å². The molecule has 19 heavy (non-hydrogen) atoms. The molecule has 0 atom stereocenters. The first-order valence-corrected chi connectivity index (χ1v) is 5.14. The fraction of sp³-hybridized carbons (Fsp3) is 0.667. The predicted molar refractivity (Wildman–Crippen MR) is 49.4 cm³/mol. The number of aliphatic carboxylic acids is 1. The van der Waals surface area contributed by atoms with E-state index in [-0.39, 0.29) is 31.6 Å². The first kappa shape index (κ1) is 15.3. The third-order valence-corrected chi connectivity index (χ3v) is 2.12. The zero-order valence-corrected chi connectivity index (χ0v) is 9.38. The molecule has 0 unspecified atom stereocenters. The van der Waals surface area contributed by atoms with Crippen molar-refractivity contribution in [1.82, 2.24) is 10.2 Å². The zero-order chi connectivity index (χ0) is 14.7. The van der Waals surface area contributed by atoms with E-state index in [9.17, 15) is 26.7 Å².